The third-order valence-corrected chi connectivity index (χ3v) is 13.9. The Kier molecular flexibility index (Phi) is 9.92. The molecule has 3 saturated carbocycles. The normalized spacial score (nSPS) is 27.8. The van der Waals surface area contributed by atoms with Gasteiger partial charge in [0.15, 0.2) is 0 Å². The standard InChI is InChI=1S/C38H49N5O6S2/c1-22(2)31-20-50-36(41-31)30-18-33(27-13-14-32(48-5)23(3)34(27)40-30)49-25-16-28-29(17-25)37(45)43(4)15-9-7-6-8-10-24-19-38(24,42-35(28)44)21-39-51(46,47)26-11-12-26/h8,10,13-14,18,20,22,24-26,28-29,39H,6-7,9,11-12,15-17,19,21H2,1-5H3,(H,42,44)/b10-8-/t24-,25-,28-,29-,38+/m1/s1. The largest absolute Gasteiger partial charge is 0.496 e. The van der Waals surface area contributed by atoms with Gasteiger partial charge in [0.05, 0.1) is 40.9 Å². The first-order chi connectivity index (χ1) is 24.4. The summed E-state index contributed by atoms with van der Waals surface area (Å²) < 4.78 is 40.8. The quantitative estimate of drug-likeness (QED) is 0.266. The number of aryl methyl sites for hydroxylation is 1. The molecule has 0 spiro atoms. The molecule has 274 valence electrons. The van der Waals surface area contributed by atoms with Gasteiger partial charge < -0.3 is 19.7 Å². The first-order valence-corrected chi connectivity index (χ1v) is 20.6. The molecule has 5 atom stereocenters. The number of nitrogens with one attached hydrogen (secondary N) is 2. The zero-order chi connectivity index (χ0) is 36.1. The van der Waals surface area contributed by atoms with Gasteiger partial charge in [-0.15, -0.1) is 11.3 Å². The van der Waals surface area contributed by atoms with Gasteiger partial charge in [-0.05, 0) is 76.3 Å². The minimum atomic E-state index is -3.43. The van der Waals surface area contributed by atoms with Crippen molar-refractivity contribution in [3.05, 3.63) is 47.0 Å². The number of amides is 2. The van der Waals surface area contributed by atoms with E-state index in [9.17, 15) is 18.0 Å². The van der Waals surface area contributed by atoms with Crippen molar-refractivity contribution >= 4 is 44.1 Å². The third-order valence-electron chi connectivity index (χ3n) is 11.1. The number of aromatic nitrogens is 2. The van der Waals surface area contributed by atoms with E-state index in [1.807, 2.05) is 32.2 Å². The van der Waals surface area contributed by atoms with Gasteiger partial charge in [-0.25, -0.2) is 23.1 Å². The van der Waals surface area contributed by atoms with Crippen molar-refractivity contribution < 1.29 is 27.5 Å². The van der Waals surface area contributed by atoms with Crippen LogP contribution in [0.15, 0.2) is 35.7 Å². The number of allylic oxidation sites excluding steroid dienone is 1. The number of hydrogen-bond donors (Lipinski definition) is 2. The molecule has 3 aromatic rings. The number of carbonyl (C=O) groups is 2. The van der Waals surface area contributed by atoms with Crippen LogP contribution in [0.2, 0.25) is 0 Å². The summed E-state index contributed by atoms with van der Waals surface area (Å²) in [4.78, 5) is 40.0. The fraction of sp³-hybridized carbons (Fsp3) is 0.579. The lowest BCUT2D eigenvalue weighted by Gasteiger charge is -2.27. The zero-order valence-electron chi connectivity index (χ0n) is 30.1. The number of carbonyl (C=O) groups excluding carboxylic acids is 2. The van der Waals surface area contributed by atoms with Crippen LogP contribution < -0.4 is 19.5 Å². The molecule has 4 aliphatic rings. The van der Waals surface area contributed by atoms with Crippen LogP contribution in [0.5, 0.6) is 11.5 Å². The minimum Gasteiger partial charge on any atom is -0.496 e. The van der Waals surface area contributed by atoms with Crippen LogP contribution in [0.25, 0.3) is 21.6 Å². The van der Waals surface area contributed by atoms with Crippen molar-refractivity contribution in [2.75, 3.05) is 27.2 Å². The Bertz CT molecular complexity index is 1960. The maximum absolute atomic E-state index is 14.3. The molecule has 13 heteroatoms. The summed E-state index contributed by atoms with van der Waals surface area (Å²) in [5.74, 6) is 0.162. The van der Waals surface area contributed by atoms with E-state index in [1.54, 1.807) is 23.3 Å². The van der Waals surface area contributed by atoms with E-state index in [1.165, 1.54) is 0 Å². The fourth-order valence-corrected chi connectivity index (χ4v) is 10.0. The summed E-state index contributed by atoms with van der Waals surface area (Å²) in [5, 5.41) is 6.59. The second-order valence-corrected chi connectivity index (χ2v) is 18.1. The summed E-state index contributed by atoms with van der Waals surface area (Å²) >= 11 is 1.54. The highest BCUT2D eigenvalue weighted by Gasteiger charge is 2.56. The molecule has 0 radical (unpaired) electrons. The number of hydrogen-bond acceptors (Lipinski definition) is 9. The van der Waals surface area contributed by atoms with Crippen LogP contribution in [0.3, 0.4) is 0 Å². The Hall–Kier alpha value is -3.55. The Morgan fingerprint density at radius 3 is 2.63 bits per heavy atom. The lowest BCUT2D eigenvalue weighted by atomic mass is 9.93. The van der Waals surface area contributed by atoms with Crippen molar-refractivity contribution in [1.29, 1.82) is 0 Å². The molecule has 2 amide bonds. The molecular weight excluding hydrogens is 687 g/mol. The number of pyridine rings is 1. The monoisotopic (exact) mass is 735 g/mol. The van der Waals surface area contributed by atoms with Gasteiger partial charge in [0.25, 0.3) is 0 Å². The van der Waals surface area contributed by atoms with E-state index >= 15 is 0 Å². The smallest absolute Gasteiger partial charge is 0.226 e. The van der Waals surface area contributed by atoms with E-state index in [2.05, 4.69) is 41.4 Å². The molecular formula is C38H49N5O6S2. The van der Waals surface area contributed by atoms with Crippen LogP contribution in [0.4, 0.5) is 0 Å². The molecule has 1 aromatic carbocycles. The van der Waals surface area contributed by atoms with Gasteiger partial charge in [-0.3, -0.25) is 9.59 Å². The molecule has 2 aromatic heterocycles. The first-order valence-electron chi connectivity index (χ1n) is 18.2. The lowest BCUT2D eigenvalue weighted by Crippen LogP contribution is -2.51. The number of benzene rings is 1. The number of thiazole rings is 1. The van der Waals surface area contributed by atoms with Crippen LogP contribution in [0, 0.1) is 24.7 Å². The number of sulfonamides is 1. The van der Waals surface area contributed by atoms with E-state index < -0.39 is 33.5 Å². The Morgan fingerprint density at radius 1 is 1.12 bits per heavy atom. The predicted molar refractivity (Wildman–Crippen MR) is 198 cm³/mol. The molecule has 3 fully saturated rings. The molecule has 51 heavy (non-hydrogen) atoms. The molecule has 1 aliphatic heterocycles. The van der Waals surface area contributed by atoms with Crippen LogP contribution >= 0.6 is 11.3 Å². The molecule has 2 N–H and O–H groups in total. The van der Waals surface area contributed by atoms with E-state index in [0.29, 0.717) is 50.1 Å². The summed E-state index contributed by atoms with van der Waals surface area (Å²) in [6, 6.07) is 5.77. The van der Waals surface area contributed by atoms with Crippen molar-refractivity contribution in [2.45, 2.75) is 94.9 Å². The van der Waals surface area contributed by atoms with Crippen molar-refractivity contribution in [3.63, 3.8) is 0 Å². The molecule has 0 bridgehead atoms. The van der Waals surface area contributed by atoms with Gasteiger partial charge in [-0.2, -0.15) is 0 Å². The average molecular weight is 736 g/mol. The number of methoxy groups -OCH3 is 1. The molecule has 3 heterocycles. The second kappa shape index (κ2) is 14.1. The highest BCUT2D eigenvalue weighted by atomic mass is 32.2. The minimum absolute atomic E-state index is 0.0282. The van der Waals surface area contributed by atoms with Crippen LogP contribution in [-0.4, -0.2) is 79.2 Å². The predicted octanol–water partition coefficient (Wildman–Crippen LogP) is 5.73. The van der Waals surface area contributed by atoms with Gasteiger partial charge >= 0.3 is 0 Å². The fourth-order valence-electron chi connectivity index (χ4n) is 7.61. The summed E-state index contributed by atoms with van der Waals surface area (Å²) in [6.45, 7) is 6.95. The zero-order valence-corrected chi connectivity index (χ0v) is 31.7. The van der Waals surface area contributed by atoms with Crippen molar-refractivity contribution in [1.82, 2.24) is 24.9 Å². The average Bonchev–Trinajstić information content (AvgIpc) is 3.97. The van der Waals surface area contributed by atoms with Crippen LogP contribution in [-0.2, 0) is 19.6 Å². The van der Waals surface area contributed by atoms with E-state index in [4.69, 9.17) is 19.4 Å². The van der Waals surface area contributed by atoms with E-state index in [0.717, 1.165) is 52.2 Å². The second-order valence-electron chi connectivity index (χ2n) is 15.2. The van der Waals surface area contributed by atoms with Gasteiger partial charge in [0.1, 0.15) is 28.3 Å². The Morgan fingerprint density at radius 2 is 1.90 bits per heavy atom. The van der Waals surface area contributed by atoms with Gasteiger partial charge in [-0.1, -0.05) is 26.0 Å². The molecule has 7 rings (SSSR count). The molecule has 11 nitrogen and oxygen atoms in total. The first kappa shape index (κ1) is 35.8. The van der Waals surface area contributed by atoms with E-state index in [-0.39, 0.29) is 35.4 Å². The number of rotatable bonds is 9. The van der Waals surface area contributed by atoms with Crippen molar-refractivity contribution in [3.8, 4) is 22.2 Å². The molecule has 3 aliphatic carbocycles. The SMILES string of the molecule is COc1ccc2c(O[C@@H]3C[C@H]4C(=O)N[C@]5(CNS(=O)(=O)C6CC6)C[C@H]5/C=C\CCCCN(C)C(=O)[C@@H]4C3)cc(-c3nc(C(C)C)cs3)nc2c1C. The number of ether oxygens (including phenoxy) is 2. The lowest BCUT2D eigenvalue weighted by molar-refractivity contribution is -0.140. The maximum atomic E-state index is 14.3. The topological polar surface area (TPSA) is 140 Å². The highest BCUT2D eigenvalue weighted by molar-refractivity contribution is 7.90. The highest BCUT2D eigenvalue weighted by Crippen LogP contribution is 2.47. The summed E-state index contributed by atoms with van der Waals surface area (Å²) in [6.07, 6.45) is 9.23. The molecule has 0 saturated heterocycles. The third kappa shape index (κ3) is 7.39. The number of fused-ring (bicyclic) bond motifs is 3. The summed E-state index contributed by atoms with van der Waals surface area (Å²) in [7, 11) is 0.0262. The maximum Gasteiger partial charge on any atom is 0.226 e. The Balaban J connectivity index is 1.19. The number of nitrogens with zero attached hydrogens (tertiary/aromatic N) is 3. The Labute approximate surface area is 304 Å². The van der Waals surface area contributed by atoms with Crippen LogP contribution in [0.1, 0.15) is 82.4 Å². The summed E-state index contributed by atoms with van der Waals surface area (Å²) in [5.41, 5.74) is 2.61. The van der Waals surface area contributed by atoms with Crippen molar-refractivity contribution in [2.24, 2.45) is 17.8 Å². The van der Waals surface area contributed by atoms with Gasteiger partial charge in [0, 0.05) is 48.5 Å². The molecule has 0 unspecified atom stereocenters. The van der Waals surface area contributed by atoms with Gasteiger partial charge in [0.2, 0.25) is 21.8 Å².